The van der Waals surface area contributed by atoms with Gasteiger partial charge in [-0.25, -0.2) is 0 Å². The lowest BCUT2D eigenvalue weighted by Gasteiger charge is -2.30. The summed E-state index contributed by atoms with van der Waals surface area (Å²) >= 11 is 0. The molecule has 0 aliphatic heterocycles. The highest BCUT2D eigenvalue weighted by atomic mass is 28.4. The maximum Gasteiger partial charge on any atom is 0.338 e. The van der Waals surface area contributed by atoms with Crippen LogP contribution in [0.25, 0.3) is 0 Å². The van der Waals surface area contributed by atoms with Gasteiger partial charge in [0.25, 0.3) is 0 Å². The molecule has 0 saturated heterocycles. The van der Waals surface area contributed by atoms with Crippen LogP contribution in [0.2, 0.25) is 12.1 Å². The van der Waals surface area contributed by atoms with E-state index in [4.69, 9.17) is 8.85 Å². The second-order valence-corrected chi connectivity index (χ2v) is 14.5. The standard InChI is InChI=1S/C32H68O2Si/c1-5-9-11-13-15-16-17-18-19-20-21-22-23-24-26-28-30-32-35(33-7-3,34-8-4)31-29-27-25-14-12-10-6-2/h5-32H2,1-4H3. The first-order chi connectivity index (χ1) is 17.2. The fourth-order valence-corrected chi connectivity index (χ4v) is 8.99. The molecule has 0 aromatic carbocycles. The summed E-state index contributed by atoms with van der Waals surface area (Å²) in [6.45, 7) is 10.5. The highest BCUT2D eigenvalue weighted by Gasteiger charge is 2.35. The number of unbranched alkanes of at least 4 members (excludes halogenated alkanes) is 22. The van der Waals surface area contributed by atoms with E-state index in [1.54, 1.807) is 0 Å². The summed E-state index contributed by atoms with van der Waals surface area (Å²) in [6.07, 6.45) is 34.0. The third-order valence-corrected chi connectivity index (χ3v) is 11.5. The normalized spacial score (nSPS) is 12.0. The lowest BCUT2D eigenvalue weighted by Crippen LogP contribution is -2.42. The molecule has 0 rings (SSSR count). The Morgan fingerprint density at radius 2 is 0.543 bits per heavy atom. The molecule has 2 nitrogen and oxygen atoms in total. The molecule has 3 heteroatoms. The van der Waals surface area contributed by atoms with Crippen molar-refractivity contribution in [1.82, 2.24) is 0 Å². The lowest BCUT2D eigenvalue weighted by atomic mass is 10.0. The van der Waals surface area contributed by atoms with Gasteiger partial charge in [-0.2, -0.15) is 0 Å². The fourth-order valence-electron chi connectivity index (χ4n) is 5.45. The SMILES string of the molecule is CCCCCCCCCCCCCCCCCCC[Si](CCCCCCCCC)(OCC)OCC. The molecule has 0 unspecified atom stereocenters. The van der Waals surface area contributed by atoms with E-state index in [0.717, 1.165) is 13.2 Å². The summed E-state index contributed by atoms with van der Waals surface area (Å²) in [5.74, 6) is 0. The maximum absolute atomic E-state index is 6.36. The molecule has 0 N–H and O–H groups in total. The first-order valence-corrected chi connectivity index (χ1v) is 18.8. The van der Waals surface area contributed by atoms with Gasteiger partial charge in [-0.1, -0.05) is 168 Å². The molecule has 0 aromatic heterocycles. The van der Waals surface area contributed by atoms with Crippen LogP contribution in [0.4, 0.5) is 0 Å². The number of hydrogen-bond acceptors (Lipinski definition) is 2. The van der Waals surface area contributed by atoms with Gasteiger partial charge >= 0.3 is 8.56 Å². The van der Waals surface area contributed by atoms with Gasteiger partial charge in [0, 0.05) is 13.2 Å². The maximum atomic E-state index is 6.36. The summed E-state index contributed by atoms with van der Waals surface area (Å²) < 4.78 is 12.7. The van der Waals surface area contributed by atoms with Crippen molar-refractivity contribution in [1.29, 1.82) is 0 Å². The van der Waals surface area contributed by atoms with Crippen molar-refractivity contribution in [3.8, 4) is 0 Å². The van der Waals surface area contributed by atoms with Crippen LogP contribution in [0.5, 0.6) is 0 Å². The molecule has 0 saturated carbocycles. The van der Waals surface area contributed by atoms with Crippen molar-refractivity contribution in [2.24, 2.45) is 0 Å². The van der Waals surface area contributed by atoms with Crippen LogP contribution >= 0.6 is 0 Å². The van der Waals surface area contributed by atoms with Crippen molar-refractivity contribution in [3.05, 3.63) is 0 Å². The molecule has 0 atom stereocenters. The van der Waals surface area contributed by atoms with E-state index < -0.39 is 8.56 Å². The lowest BCUT2D eigenvalue weighted by molar-refractivity contribution is 0.180. The van der Waals surface area contributed by atoms with Gasteiger partial charge in [-0.05, 0) is 25.9 Å². The Morgan fingerprint density at radius 3 is 0.771 bits per heavy atom. The van der Waals surface area contributed by atoms with Crippen LogP contribution in [0, 0.1) is 0 Å². The Kier molecular flexibility index (Phi) is 28.8. The van der Waals surface area contributed by atoms with Crippen molar-refractivity contribution in [2.75, 3.05) is 13.2 Å². The average Bonchev–Trinajstić information content (AvgIpc) is 2.85. The minimum absolute atomic E-state index is 0.821. The molecule has 0 aromatic rings. The van der Waals surface area contributed by atoms with Gasteiger partial charge < -0.3 is 8.85 Å². The third-order valence-electron chi connectivity index (χ3n) is 7.64. The Bertz CT molecular complexity index is 382. The van der Waals surface area contributed by atoms with Crippen molar-refractivity contribution >= 4 is 8.56 Å². The van der Waals surface area contributed by atoms with E-state index in [1.807, 2.05) is 0 Å². The van der Waals surface area contributed by atoms with Gasteiger partial charge in [0.2, 0.25) is 0 Å². The smallest absolute Gasteiger partial charge is 0.338 e. The molecule has 0 bridgehead atoms. The summed E-state index contributed by atoms with van der Waals surface area (Å²) in [4.78, 5) is 0. The van der Waals surface area contributed by atoms with Crippen molar-refractivity contribution < 1.29 is 8.85 Å². The molecule has 0 aliphatic rings. The second-order valence-electron chi connectivity index (χ2n) is 11.1. The van der Waals surface area contributed by atoms with E-state index in [1.165, 1.54) is 166 Å². The fraction of sp³-hybridized carbons (Fsp3) is 1.00. The zero-order chi connectivity index (χ0) is 25.7. The van der Waals surface area contributed by atoms with E-state index in [2.05, 4.69) is 27.7 Å². The van der Waals surface area contributed by atoms with Gasteiger partial charge in [0.05, 0.1) is 0 Å². The first kappa shape index (κ1) is 35.1. The van der Waals surface area contributed by atoms with E-state index in [0.29, 0.717) is 0 Å². The molecule has 212 valence electrons. The molecule has 0 fully saturated rings. The average molecular weight is 513 g/mol. The first-order valence-electron chi connectivity index (χ1n) is 16.5. The van der Waals surface area contributed by atoms with Crippen molar-refractivity contribution in [3.63, 3.8) is 0 Å². The Hall–Kier alpha value is 0.137. The minimum atomic E-state index is -1.98. The largest absolute Gasteiger partial charge is 0.394 e. The van der Waals surface area contributed by atoms with Gasteiger partial charge in [0.15, 0.2) is 0 Å². The van der Waals surface area contributed by atoms with Crippen LogP contribution < -0.4 is 0 Å². The predicted octanol–water partition coefficient (Wildman–Crippen LogP) is 11.9. The summed E-state index contributed by atoms with van der Waals surface area (Å²) in [5, 5.41) is 0. The predicted molar refractivity (Wildman–Crippen MR) is 161 cm³/mol. The highest BCUT2D eigenvalue weighted by molar-refractivity contribution is 6.67. The van der Waals surface area contributed by atoms with Crippen molar-refractivity contribution in [2.45, 2.75) is 194 Å². The zero-order valence-corrected chi connectivity index (χ0v) is 26.1. The Labute approximate surface area is 224 Å². The van der Waals surface area contributed by atoms with Crippen LogP contribution in [-0.4, -0.2) is 21.8 Å². The minimum Gasteiger partial charge on any atom is -0.394 e. The molecule has 0 amide bonds. The van der Waals surface area contributed by atoms with Gasteiger partial charge in [-0.3, -0.25) is 0 Å². The Balaban J connectivity index is 3.71. The summed E-state index contributed by atoms with van der Waals surface area (Å²) in [7, 11) is -1.98. The molecule has 0 heterocycles. The molecule has 0 spiro atoms. The zero-order valence-electron chi connectivity index (χ0n) is 25.1. The number of rotatable bonds is 30. The quantitative estimate of drug-likeness (QED) is 0.0703. The van der Waals surface area contributed by atoms with Crippen LogP contribution in [0.15, 0.2) is 0 Å². The van der Waals surface area contributed by atoms with E-state index >= 15 is 0 Å². The summed E-state index contributed by atoms with van der Waals surface area (Å²) in [6, 6.07) is 2.42. The van der Waals surface area contributed by atoms with Gasteiger partial charge in [-0.15, -0.1) is 0 Å². The molecule has 35 heavy (non-hydrogen) atoms. The topological polar surface area (TPSA) is 18.5 Å². The molecular formula is C32H68O2Si. The second kappa shape index (κ2) is 28.7. The third kappa shape index (κ3) is 24.2. The molecular weight excluding hydrogens is 444 g/mol. The van der Waals surface area contributed by atoms with Gasteiger partial charge in [0.1, 0.15) is 0 Å². The van der Waals surface area contributed by atoms with Crippen LogP contribution in [-0.2, 0) is 8.85 Å². The van der Waals surface area contributed by atoms with Crippen LogP contribution in [0.1, 0.15) is 182 Å². The van der Waals surface area contributed by atoms with E-state index in [9.17, 15) is 0 Å². The monoisotopic (exact) mass is 512 g/mol. The summed E-state index contributed by atoms with van der Waals surface area (Å²) in [5.41, 5.74) is 0. The number of hydrogen-bond donors (Lipinski definition) is 0. The molecule has 0 radical (unpaired) electrons. The van der Waals surface area contributed by atoms with Crippen LogP contribution in [0.3, 0.4) is 0 Å². The van der Waals surface area contributed by atoms with E-state index in [-0.39, 0.29) is 0 Å². The molecule has 0 aliphatic carbocycles. The highest BCUT2D eigenvalue weighted by Crippen LogP contribution is 2.26. The Morgan fingerprint density at radius 1 is 0.314 bits per heavy atom.